The van der Waals surface area contributed by atoms with Gasteiger partial charge in [-0.05, 0) is 74.7 Å². The third kappa shape index (κ3) is 8.49. The normalized spacial score (nSPS) is 11.9. The maximum absolute atomic E-state index is 14.2. The van der Waals surface area contributed by atoms with E-state index >= 15 is 0 Å². The number of aryl methyl sites for hydroxylation is 1. The Bertz CT molecular complexity index is 1430. The molecule has 0 heterocycles. The molecule has 0 aromatic heterocycles. The van der Waals surface area contributed by atoms with E-state index in [2.05, 4.69) is 5.32 Å². The second-order valence-corrected chi connectivity index (χ2v) is 12.2. The van der Waals surface area contributed by atoms with Gasteiger partial charge in [0.2, 0.25) is 11.8 Å². The molecule has 0 spiro atoms. The summed E-state index contributed by atoms with van der Waals surface area (Å²) < 4.78 is 34.6. The Morgan fingerprint density at radius 2 is 1.62 bits per heavy atom. The Labute approximate surface area is 254 Å². The van der Waals surface area contributed by atoms with Crippen molar-refractivity contribution in [2.24, 2.45) is 0 Å². The number of nitrogens with zero attached hydrogens (tertiary/aromatic N) is 2. The maximum Gasteiger partial charge on any atom is 0.264 e. The van der Waals surface area contributed by atoms with Crippen molar-refractivity contribution >= 4 is 39.1 Å². The van der Waals surface area contributed by atoms with Crippen LogP contribution in [0.25, 0.3) is 0 Å². The van der Waals surface area contributed by atoms with Gasteiger partial charge in [-0.3, -0.25) is 13.9 Å². The van der Waals surface area contributed by atoms with Crippen molar-refractivity contribution in [2.75, 3.05) is 24.0 Å². The number of amides is 2. The van der Waals surface area contributed by atoms with E-state index in [0.717, 1.165) is 22.7 Å². The zero-order valence-corrected chi connectivity index (χ0v) is 26.2. The van der Waals surface area contributed by atoms with Crippen LogP contribution in [-0.4, -0.2) is 50.9 Å². The van der Waals surface area contributed by atoms with E-state index < -0.39 is 28.5 Å². The third-order valence-electron chi connectivity index (χ3n) is 6.84. The first-order valence-corrected chi connectivity index (χ1v) is 16.1. The van der Waals surface area contributed by atoms with Crippen LogP contribution in [0.15, 0.2) is 77.7 Å². The van der Waals surface area contributed by atoms with Crippen molar-refractivity contribution in [3.05, 3.63) is 88.9 Å². The fourth-order valence-electron chi connectivity index (χ4n) is 4.48. The van der Waals surface area contributed by atoms with Gasteiger partial charge in [0.05, 0.1) is 17.2 Å². The van der Waals surface area contributed by atoms with Gasteiger partial charge in [0, 0.05) is 18.1 Å². The van der Waals surface area contributed by atoms with Crippen LogP contribution in [0, 0.1) is 6.92 Å². The minimum Gasteiger partial charge on any atom is -0.494 e. The number of unbranched alkanes of at least 4 members (excludes halogenated alkanes) is 1. The average Bonchev–Trinajstić information content (AvgIpc) is 2.97. The molecule has 0 aliphatic heterocycles. The number of benzene rings is 3. The molecule has 0 saturated carbocycles. The van der Waals surface area contributed by atoms with Crippen LogP contribution < -0.4 is 14.4 Å². The largest absolute Gasteiger partial charge is 0.494 e. The molecule has 8 nitrogen and oxygen atoms in total. The summed E-state index contributed by atoms with van der Waals surface area (Å²) in [6.45, 7) is 8.04. The van der Waals surface area contributed by atoms with Crippen molar-refractivity contribution < 1.29 is 22.7 Å². The molecule has 42 heavy (non-hydrogen) atoms. The zero-order chi connectivity index (χ0) is 30.7. The number of rotatable bonds is 15. The molecule has 1 N–H and O–H groups in total. The Kier molecular flexibility index (Phi) is 12.2. The van der Waals surface area contributed by atoms with E-state index in [0.29, 0.717) is 41.6 Å². The molecule has 3 rings (SSSR count). The molecule has 0 radical (unpaired) electrons. The van der Waals surface area contributed by atoms with Gasteiger partial charge >= 0.3 is 0 Å². The Hall–Kier alpha value is -3.56. The van der Waals surface area contributed by atoms with Crippen LogP contribution in [0.2, 0.25) is 5.02 Å². The van der Waals surface area contributed by atoms with Gasteiger partial charge in [-0.1, -0.05) is 67.8 Å². The average molecular weight is 614 g/mol. The molecule has 1 unspecified atom stereocenters. The number of carbonyl (C=O) groups is 2. The summed E-state index contributed by atoms with van der Waals surface area (Å²) in [6.07, 6.45) is 2.05. The maximum atomic E-state index is 14.2. The molecule has 2 amide bonds. The van der Waals surface area contributed by atoms with Crippen LogP contribution in [0.3, 0.4) is 0 Å². The number of carbonyl (C=O) groups excluding carboxylic acids is 2. The van der Waals surface area contributed by atoms with E-state index in [1.165, 1.54) is 17.0 Å². The lowest BCUT2D eigenvalue weighted by molar-refractivity contribution is -0.140. The van der Waals surface area contributed by atoms with E-state index in [9.17, 15) is 18.0 Å². The smallest absolute Gasteiger partial charge is 0.264 e. The van der Waals surface area contributed by atoms with Gasteiger partial charge in [0.1, 0.15) is 18.3 Å². The first kappa shape index (κ1) is 32.9. The van der Waals surface area contributed by atoms with Crippen molar-refractivity contribution in [1.29, 1.82) is 0 Å². The highest BCUT2D eigenvalue weighted by atomic mass is 35.5. The van der Waals surface area contributed by atoms with Crippen molar-refractivity contribution in [2.45, 2.75) is 64.4 Å². The van der Waals surface area contributed by atoms with E-state index in [1.54, 1.807) is 60.7 Å². The molecule has 0 aliphatic rings. The predicted octanol–water partition coefficient (Wildman–Crippen LogP) is 5.97. The van der Waals surface area contributed by atoms with Gasteiger partial charge in [-0.15, -0.1) is 0 Å². The van der Waals surface area contributed by atoms with Crippen LogP contribution in [-0.2, 0) is 26.2 Å². The van der Waals surface area contributed by atoms with Crippen LogP contribution >= 0.6 is 11.6 Å². The lowest BCUT2D eigenvalue weighted by Gasteiger charge is -2.33. The highest BCUT2D eigenvalue weighted by Gasteiger charge is 2.34. The molecule has 3 aromatic rings. The quantitative estimate of drug-likeness (QED) is 0.213. The van der Waals surface area contributed by atoms with Gasteiger partial charge in [-0.25, -0.2) is 8.42 Å². The first-order valence-electron chi connectivity index (χ1n) is 14.2. The van der Waals surface area contributed by atoms with Crippen LogP contribution in [0.4, 0.5) is 5.69 Å². The van der Waals surface area contributed by atoms with Gasteiger partial charge < -0.3 is 15.0 Å². The topological polar surface area (TPSA) is 96.0 Å². The number of anilines is 1. The van der Waals surface area contributed by atoms with E-state index in [1.807, 2.05) is 27.7 Å². The summed E-state index contributed by atoms with van der Waals surface area (Å²) in [5.41, 5.74) is 1.86. The summed E-state index contributed by atoms with van der Waals surface area (Å²) >= 11 is 6.45. The molecule has 0 aliphatic carbocycles. The Morgan fingerprint density at radius 3 is 2.21 bits per heavy atom. The summed E-state index contributed by atoms with van der Waals surface area (Å²) in [5.74, 6) is -0.243. The second kappa shape index (κ2) is 15.6. The zero-order valence-electron chi connectivity index (χ0n) is 24.7. The third-order valence-corrected chi connectivity index (χ3v) is 8.99. The van der Waals surface area contributed by atoms with Gasteiger partial charge in [0.15, 0.2) is 0 Å². The minimum atomic E-state index is -4.16. The van der Waals surface area contributed by atoms with Crippen LogP contribution in [0.5, 0.6) is 5.75 Å². The lowest BCUT2D eigenvalue weighted by Crippen LogP contribution is -2.52. The van der Waals surface area contributed by atoms with Gasteiger partial charge in [0.25, 0.3) is 10.0 Å². The number of hydrogen-bond acceptors (Lipinski definition) is 5. The van der Waals surface area contributed by atoms with Gasteiger partial charge in [-0.2, -0.15) is 0 Å². The molecule has 0 fully saturated rings. The fourth-order valence-corrected chi connectivity index (χ4v) is 6.09. The number of nitrogens with one attached hydrogen (secondary N) is 1. The lowest BCUT2D eigenvalue weighted by atomic mass is 10.1. The summed E-state index contributed by atoms with van der Waals surface area (Å²) in [7, 11) is -4.16. The Morgan fingerprint density at radius 1 is 0.952 bits per heavy atom. The molecule has 0 bridgehead atoms. The molecule has 226 valence electrons. The predicted molar refractivity (Wildman–Crippen MR) is 167 cm³/mol. The molecule has 1 atom stereocenters. The van der Waals surface area contributed by atoms with E-state index in [4.69, 9.17) is 16.3 Å². The second-order valence-electron chi connectivity index (χ2n) is 9.93. The van der Waals surface area contributed by atoms with Crippen LogP contribution in [0.1, 0.15) is 51.2 Å². The summed E-state index contributed by atoms with van der Waals surface area (Å²) in [4.78, 5) is 28.9. The Balaban J connectivity index is 2.05. The first-order chi connectivity index (χ1) is 20.1. The van der Waals surface area contributed by atoms with Crippen molar-refractivity contribution in [3.63, 3.8) is 0 Å². The molecular formula is C32H40ClN3O5S. The monoisotopic (exact) mass is 613 g/mol. The highest BCUT2D eigenvalue weighted by molar-refractivity contribution is 7.92. The van der Waals surface area contributed by atoms with Crippen molar-refractivity contribution in [1.82, 2.24) is 10.2 Å². The summed E-state index contributed by atoms with van der Waals surface area (Å²) in [6, 6.07) is 19.3. The number of ether oxygens (including phenoxy) is 1. The fraction of sp³-hybridized carbons (Fsp3) is 0.375. The van der Waals surface area contributed by atoms with Crippen molar-refractivity contribution in [3.8, 4) is 5.75 Å². The van der Waals surface area contributed by atoms with E-state index in [-0.39, 0.29) is 17.3 Å². The number of sulfonamides is 1. The minimum absolute atomic E-state index is 0.0416. The standard InChI is InChI=1S/C32H40ClN3O5S/c1-5-8-21-34-32(38)30(6-2)35(22-25-11-9-10-12-29(25)33)31(37)23-36(26-15-17-27(18-16-26)41-7-3)42(39,40)28-19-13-24(4)14-20-28/h9-20,30H,5-8,21-23H2,1-4H3,(H,34,38). The molecule has 3 aromatic carbocycles. The number of hydrogen-bond donors (Lipinski definition) is 1. The highest BCUT2D eigenvalue weighted by Crippen LogP contribution is 2.27. The molecule has 10 heteroatoms. The molecule has 0 saturated heterocycles. The number of halogens is 1. The molecular weight excluding hydrogens is 574 g/mol. The summed E-state index contributed by atoms with van der Waals surface area (Å²) in [5, 5.41) is 3.37. The SMILES string of the molecule is CCCCNC(=O)C(CC)N(Cc1ccccc1Cl)C(=O)CN(c1ccc(OCC)cc1)S(=O)(=O)c1ccc(C)cc1.